The lowest BCUT2D eigenvalue weighted by Crippen LogP contribution is -2.24. The molecule has 0 unspecified atom stereocenters. The van der Waals surface area contributed by atoms with Gasteiger partial charge in [0.1, 0.15) is 17.2 Å². The van der Waals surface area contributed by atoms with Crippen LogP contribution in [0.4, 0.5) is 22.0 Å². The van der Waals surface area contributed by atoms with E-state index in [1.54, 1.807) is 0 Å². The quantitative estimate of drug-likeness (QED) is 0.594. The average Bonchev–Trinajstić information content (AvgIpc) is 2.66. The van der Waals surface area contributed by atoms with E-state index in [1.165, 1.54) is 6.07 Å². The van der Waals surface area contributed by atoms with Crippen LogP contribution in [0.15, 0.2) is 24.3 Å². The van der Waals surface area contributed by atoms with Gasteiger partial charge in [0.05, 0.1) is 7.11 Å². The third-order valence-electron chi connectivity index (χ3n) is 4.93. The Labute approximate surface area is 164 Å². The second kappa shape index (κ2) is 7.46. The molecule has 0 atom stereocenters. The molecular formula is C22H18F5NO. The molecule has 7 heteroatoms. The molecule has 3 aromatic rings. The molecule has 0 fully saturated rings. The number of halogens is 5. The van der Waals surface area contributed by atoms with Gasteiger partial charge >= 0.3 is 6.18 Å². The first kappa shape index (κ1) is 20.8. The van der Waals surface area contributed by atoms with Crippen LogP contribution in [0.5, 0.6) is 5.88 Å². The first-order valence-corrected chi connectivity index (χ1v) is 8.80. The maximum absolute atomic E-state index is 14.5. The van der Waals surface area contributed by atoms with E-state index in [4.69, 9.17) is 4.74 Å². The predicted molar refractivity (Wildman–Crippen MR) is 102 cm³/mol. The fraction of sp³-hybridized carbons (Fsp3) is 0.227. The van der Waals surface area contributed by atoms with Gasteiger partial charge < -0.3 is 4.74 Å². The normalized spacial score (nSPS) is 11.8. The largest absolute Gasteiger partial charge is 0.481 e. The highest BCUT2D eigenvalue weighted by Gasteiger charge is 2.35. The summed E-state index contributed by atoms with van der Waals surface area (Å²) in [4.78, 5) is 3.96. The van der Waals surface area contributed by atoms with Crippen LogP contribution in [0.3, 0.4) is 0 Å². The smallest absolute Gasteiger partial charge is 0.421 e. The van der Waals surface area contributed by atoms with E-state index in [0.717, 1.165) is 25.3 Å². The van der Waals surface area contributed by atoms with Crippen molar-refractivity contribution in [1.82, 2.24) is 4.98 Å². The summed E-state index contributed by atoms with van der Waals surface area (Å²) in [6.45, 7) is 9.67. The van der Waals surface area contributed by atoms with Gasteiger partial charge in [-0.25, -0.2) is 13.8 Å². The van der Waals surface area contributed by atoms with Crippen molar-refractivity contribution in [3.05, 3.63) is 68.7 Å². The summed E-state index contributed by atoms with van der Waals surface area (Å²) in [5.41, 5.74) is 0.514. The average molecular weight is 407 g/mol. The molecule has 0 N–H and O–H groups in total. The van der Waals surface area contributed by atoms with Gasteiger partial charge in [-0.05, 0) is 52.3 Å². The lowest BCUT2D eigenvalue weighted by atomic mass is 9.91. The van der Waals surface area contributed by atoms with E-state index in [0.29, 0.717) is 22.8 Å². The van der Waals surface area contributed by atoms with Crippen LogP contribution in [-0.2, 0) is 19.0 Å². The van der Waals surface area contributed by atoms with Crippen LogP contribution in [0.1, 0.15) is 29.3 Å². The molecule has 152 valence electrons. The van der Waals surface area contributed by atoms with Crippen molar-refractivity contribution in [2.45, 2.75) is 25.9 Å². The topological polar surface area (TPSA) is 22.1 Å². The van der Waals surface area contributed by atoms with Crippen molar-refractivity contribution in [3.8, 4) is 5.88 Å². The minimum absolute atomic E-state index is 0.0149. The summed E-state index contributed by atoms with van der Waals surface area (Å²) in [6, 6.07) is 4.18. The highest BCUT2D eigenvalue weighted by molar-refractivity contribution is 5.87. The number of nitrogens with zero attached hydrogens (tertiary/aromatic N) is 1. The number of benzene rings is 2. The molecule has 0 spiro atoms. The van der Waals surface area contributed by atoms with E-state index in [-0.39, 0.29) is 28.1 Å². The van der Waals surface area contributed by atoms with Crippen molar-refractivity contribution in [1.29, 1.82) is 0 Å². The van der Waals surface area contributed by atoms with Gasteiger partial charge in [-0.1, -0.05) is 20.1 Å². The molecule has 0 saturated heterocycles. The first-order chi connectivity index (χ1) is 13.6. The lowest BCUT2D eigenvalue weighted by Gasteiger charge is -2.16. The standard InChI is InChI=1S/C22H18F5NO/c1-5-14-11(2)19-17(23)8-9-18(24)20(19)12(3)15(14)10-13-6-7-16(22(25,26)27)21(28-13)29-4/h6-9H,2-3,5,10H2,1,4H3. The Morgan fingerprint density at radius 1 is 0.931 bits per heavy atom. The van der Waals surface area contributed by atoms with Crippen molar-refractivity contribution >= 4 is 23.9 Å². The summed E-state index contributed by atoms with van der Waals surface area (Å²) in [5.74, 6) is -1.79. The zero-order valence-corrected chi connectivity index (χ0v) is 15.9. The number of hydrogen-bond donors (Lipinski definition) is 0. The third kappa shape index (κ3) is 3.57. The highest BCUT2D eigenvalue weighted by atomic mass is 19.4. The molecule has 1 aromatic heterocycles. The number of hydrogen-bond acceptors (Lipinski definition) is 2. The van der Waals surface area contributed by atoms with Crippen molar-refractivity contribution in [3.63, 3.8) is 0 Å². The Balaban J connectivity index is 2.24. The molecule has 0 bridgehead atoms. The molecule has 0 saturated carbocycles. The minimum Gasteiger partial charge on any atom is -0.481 e. The van der Waals surface area contributed by atoms with E-state index >= 15 is 0 Å². The van der Waals surface area contributed by atoms with Crippen molar-refractivity contribution in [2.24, 2.45) is 0 Å². The van der Waals surface area contributed by atoms with Crippen molar-refractivity contribution in [2.75, 3.05) is 7.11 Å². The number of pyridine rings is 1. The number of methoxy groups -OCH3 is 1. The second-order valence-electron chi connectivity index (χ2n) is 6.58. The van der Waals surface area contributed by atoms with Gasteiger partial charge in [0.15, 0.2) is 0 Å². The van der Waals surface area contributed by atoms with E-state index in [1.807, 2.05) is 6.92 Å². The van der Waals surface area contributed by atoms with E-state index in [2.05, 4.69) is 18.1 Å². The second-order valence-corrected chi connectivity index (χ2v) is 6.58. The Morgan fingerprint density at radius 3 is 1.97 bits per heavy atom. The highest BCUT2D eigenvalue weighted by Crippen LogP contribution is 2.35. The number of ether oxygens (including phenoxy) is 1. The van der Waals surface area contributed by atoms with Crippen LogP contribution in [0.2, 0.25) is 0 Å². The summed E-state index contributed by atoms with van der Waals surface area (Å²) in [5, 5.41) is 0.678. The SMILES string of the molecule is C=c1c(CC)c(Cc2ccc(C(F)(F)F)c(OC)n2)c(=C)c2c(F)ccc(F)c12. The van der Waals surface area contributed by atoms with Crippen LogP contribution in [-0.4, -0.2) is 12.1 Å². The third-order valence-corrected chi connectivity index (χ3v) is 4.93. The van der Waals surface area contributed by atoms with Crippen LogP contribution in [0.25, 0.3) is 23.9 Å². The minimum atomic E-state index is -4.60. The Kier molecular flexibility index (Phi) is 5.34. The zero-order valence-electron chi connectivity index (χ0n) is 15.9. The Hall–Kier alpha value is -2.96. The summed E-state index contributed by atoms with van der Waals surface area (Å²) in [6.07, 6.45) is -4.07. The lowest BCUT2D eigenvalue weighted by molar-refractivity contribution is -0.139. The molecule has 2 nitrogen and oxygen atoms in total. The molecule has 0 aliphatic heterocycles. The Bertz CT molecular complexity index is 1200. The van der Waals surface area contributed by atoms with Crippen LogP contribution < -0.4 is 15.2 Å². The molecule has 3 rings (SSSR count). The molecule has 2 aromatic carbocycles. The summed E-state index contributed by atoms with van der Waals surface area (Å²) in [7, 11) is 1.11. The molecule has 0 radical (unpaired) electrons. The summed E-state index contributed by atoms with van der Waals surface area (Å²) >= 11 is 0. The van der Waals surface area contributed by atoms with E-state index in [9.17, 15) is 22.0 Å². The van der Waals surface area contributed by atoms with Gasteiger partial charge in [-0.3, -0.25) is 0 Å². The molecule has 0 amide bonds. The van der Waals surface area contributed by atoms with Gasteiger partial charge in [0, 0.05) is 22.9 Å². The van der Waals surface area contributed by atoms with Crippen LogP contribution >= 0.6 is 0 Å². The number of alkyl halides is 3. The molecule has 29 heavy (non-hydrogen) atoms. The molecule has 0 aliphatic carbocycles. The summed E-state index contributed by atoms with van der Waals surface area (Å²) < 4.78 is 72.8. The molecular weight excluding hydrogens is 389 g/mol. The maximum atomic E-state index is 14.5. The first-order valence-electron chi connectivity index (χ1n) is 8.80. The zero-order chi connectivity index (χ0) is 21.5. The predicted octanol–water partition coefficient (Wildman–Crippen LogP) is 4.51. The van der Waals surface area contributed by atoms with Crippen molar-refractivity contribution < 1.29 is 26.7 Å². The Morgan fingerprint density at radius 2 is 1.48 bits per heavy atom. The molecule has 1 heterocycles. The molecule has 0 aliphatic rings. The number of rotatable bonds is 4. The van der Waals surface area contributed by atoms with E-state index < -0.39 is 29.3 Å². The fourth-order valence-electron chi connectivity index (χ4n) is 3.58. The monoisotopic (exact) mass is 407 g/mol. The van der Waals surface area contributed by atoms with Gasteiger partial charge in [-0.2, -0.15) is 13.2 Å². The van der Waals surface area contributed by atoms with Crippen LogP contribution in [0, 0.1) is 11.6 Å². The van der Waals surface area contributed by atoms with Gasteiger partial charge in [0.25, 0.3) is 0 Å². The van der Waals surface area contributed by atoms with Gasteiger partial charge in [0.2, 0.25) is 5.88 Å². The fourth-order valence-corrected chi connectivity index (χ4v) is 3.58. The van der Waals surface area contributed by atoms with Gasteiger partial charge in [-0.15, -0.1) is 0 Å². The maximum Gasteiger partial charge on any atom is 0.421 e. The number of fused-ring (bicyclic) bond motifs is 1. The number of aromatic nitrogens is 1.